The molecular weight excluding hydrogens is 206 g/mol. The van der Waals surface area contributed by atoms with Crippen LogP contribution in [-0.2, 0) is 4.79 Å². The van der Waals surface area contributed by atoms with Crippen LogP contribution >= 0.6 is 0 Å². The molecule has 1 aromatic rings. The molecule has 0 aliphatic rings. The molecule has 0 unspecified atom stereocenters. The van der Waals surface area contributed by atoms with Crippen molar-refractivity contribution < 1.29 is 23.4 Å². The van der Waals surface area contributed by atoms with E-state index in [1.807, 2.05) is 0 Å². The van der Waals surface area contributed by atoms with Crippen LogP contribution in [0.5, 0.6) is 5.75 Å². The van der Waals surface area contributed by atoms with Gasteiger partial charge in [0.2, 0.25) is 0 Å². The SMILES string of the molecule is COc1c(F)ccc(F)c1/C=C/C(=O)O. The van der Waals surface area contributed by atoms with E-state index in [2.05, 4.69) is 4.74 Å². The molecule has 0 bridgehead atoms. The van der Waals surface area contributed by atoms with Crippen LogP contribution in [0.15, 0.2) is 18.2 Å². The fourth-order valence-electron chi connectivity index (χ4n) is 1.07. The number of ether oxygens (including phenoxy) is 1. The number of hydrogen-bond donors (Lipinski definition) is 1. The van der Waals surface area contributed by atoms with Gasteiger partial charge < -0.3 is 9.84 Å². The summed E-state index contributed by atoms with van der Waals surface area (Å²) in [6.07, 6.45) is 1.65. The predicted octanol–water partition coefficient (Wildman–Crippen LogP) is 2.07. The second-order valence-electron chi connectivity index (χ2n) is 2.65. The summed E-state index contributed by atoms with van der Waals surface area (Å²) in [5.74, 6) is -3.05. The molecule has 0 aliphatic carbocycles. The van der Waals surface area contributed by atoms with Gasteiger partial charge in [-0.25, -0.2) is 13.6 Å². The number of carboxylic acid groups (broad SMARTS) is 1. The van der Waals surface area contributed by atoms with Gasteiger partial charge in [0.25, 0.3) is 0 Å². The van der Waals surface area contributed by atoms with E-state index in [1.54, 1.807) is 0 Å². The van der Waals surface area contributed by atoms with Crippen molar-refractivity contribution in [2.75, 3.05) is 7.11 Å². The summed E-state index contributed by atoms with van der Waals surface area (Å²) in [5, 5.41) is 8.35. The van der Waals surface area contributed by atoms with Gasteiger partial charge in [0, 0.05) is 6.08 Å². The number of carbonyl (C=O) groups is 1. The largest absolute Gasteiger partial charge is 0.493 e. The van der Waals surface area contributed by atoms with Crippen LogP contribution in [0, 0.1) is 11.6 Å². The van der Waals surface area contributed by atoms with Gasteiger partial charge in [0.1, 0.15) is 5.82 Å². The molecule has 3 nitrogen and oxygen atoms in total. The molecule has 0 aliphatic heterocycles. The number of hydrogen-bond acceptors (Lipinski definition) is 2. The molecule has 1 rings (SSSR count). The predicted molar refractivity (Wildman–Crippen MR) is 49.6 cm³/mol. The normalized spacial score (nSPS) is 10.6. The third-order valence-electron chi connectivity index (χ3n) is 1.69. The van der Waals surface area contributed by atoms with Crippen molar-refractivity contribution in [3.63, 3.8) is 0 Å². The van der Waals surface area contributed by atoms with Crippen molar-refractivity contribution in [2.24, 2.45) is 0 Å². The fourth-order valence-corrected chi connectivity index (χ4v) is 1.07. The molecule has 0 amide bonds. The van der Waals surface area contributed by atoms with Crippen LogP contribution in [0.4, 0.5) is 8.78 Å². The first-order valence-electron chi connectivity index (χ1n) is 3.99. The molecule has 0 aromatic heterocycles. The maximum Gasteiger partial charge on any atom is 0.328 e. The zero-order valence-corrected chi connectivity index (χ0v) is 7.83. The third kappa shape index (κ3) is 2.52. The molecule has 5 heteroatoms. The minimum absolute atomic E-state index is 0.222. The lowest BCUT2D eigenvalue weighted by molar-refractivity contribution is -0.131. The van der Waals surface area contributed by atoms with E-state index in [-0.39, 0.29) is 11.3 Å². The Labute approximate surface area is 84.6 Å². The van der Waals surface area contributed by atoms with Gasteiger partial charge in [-0.1, -0.05) is 0 Å². The maximum atomic E-state index is 13.2. The van der Waals surface area contributed by atoms with Gasteiger partial charge in [-0.2, -0.15) is 0 Å². The maximum absolute atomic E-state index is 13.2. The second-order valence-corrected chi connectivity index (χ2v) is 2.65. The van der Waals surface area contributed by atoms with E-state index in [0.717, 1.165) is 18.2 Å². The standard InChI is InChI=1S/C10H8F2O3/c1-15-10-6(2-5-9(13)14)7(11)3-4-8(10)12/h2-5H,1H3,(H,13,14)/b5-2+. The molecule has 1 aromatic carbocycles. The van der Waals surface area contributed by atoms with Crippen LogP contribution in [0.3, 0.4) is 0 Å². The topological polar surface area (TPSA) is 46.5 Å². The van der Waals surface area contributed by atoms with E-state index < -0.39 is 17.6 Å². The van der Waals surface area contributed by atoms with Crippen LogP contribution in [0.2, 0.25) is 0 Å². The third-order valence-corrected chi connectivity index (χ3v) is 1.69. The highest BCUT2D eigenvalue weighted by molar-refractivity contribution is 5.86. The lowest BCUT2D eigenvalue weighted by Crippen LogP contribution is -1.95. The van der Waals surface area contributed by atoms with E-state index in [0.29, 0.717) is 6.08 Å². The summed E-state index contributed by atoms with van der Waals surface area (Å²) >= 11 is 0. The molecule has 0 atom stereocenters. The number of carboxylic acids is 1. The first-order valence-corrected chi connectivity index (χ1v) is 3.99. The van der Waals surface area contributed by atoms with Crippen molar-refractivity contribution in [1.82, 2.24) is 0 Å². The van der Waals surface area contributed by atoms with Crippen molar-refractivity contribution in [2.45, 2.75) is 0 Å². The van der Waals surface area contributed by atoms with Gasteiger partial charge in [0.15, 0.2) is 11.6 Å². The summed E-state index contributed by atoms with van der Waals surface area (Å²) in [6.45, 7) is 0. The second kappa shape index (κ2) is 4.54. The molecule has 80 valence electrons. The quantitative estimate of drug-likeness (QED) is 0.783. The summed E-state index contributed by atoms with van der Waals surface area (Å²) in [5.41, 5.74) is -0.222. The van der Waals surface area contributed by atoms with Gasteiger partial charge in [0.05, 0.1) is 12.7 Å². The molecule has 0 fully saturated rings. The van der Waals surface area contributed by atoms with Crippen LogP contribution < -0.4 is 4.74 Å². The summed E-state index contributed by atoms with van der Waals surface area (Å²) in [6, 6.07) is 1.81. The number of aliphatic carboxylic acids is 1. The van der Waals surface area contributed by atoms with Crippen molar-refractivity contribution >= 4 is 12.0 Å². The number of benzene rings is 1. The lowest BCUT2D eigenvalue weighted by Gasteiger charge is -2.06. The molecule has 0 radical (unpaired) electrons. The number of methoxy groups -OCH3 is 1. The molecular formula is C10H8F2O3. The first-order chi connectivity index (χ1) is 7.06. The highest BCUT2D eigenvalue weighted by atomic mass is 19.1. The molecule has 0 heterocycles. The fraction of sp³-hybridized carbons (Fsp3) is 0.100. The van der Waals surface area contributed by atoms with Gasteiger partial charge in [-0.3, -0.25) is 0 Å². The van der Waals surface area contributed by atoms with Crippen LogP contribution in [0.25, 0.3) is 6.08 Å². The zero-order valence-electron chi connectivity index (χ0n) is 7.83. The molecule has 0 saturated heterocycles. The summed E-state index contributed by atoms with van der Waals surface area (Å²) in [4.78, 5) is 10.2. The molecule has 15 heavy (non-hydrogen) atoms. The Morgan fingerprint density at radius 3 is 2.53 bits per heavy atom. The van der Waals surface area contributed by atoms with Gasteiger partial charge in [-0.15, -0.1) is 0 Å². The van der Waals surface area contributed by atoms with Crippen molar-refractivity contribution in [1.29, 1.82) is 0 Å². The summed E-state index contributed by atoms with van der Waals surface area (Å²) < 4.78 is 30.9. The van der Waals surface area contributed by atoms with Crippen LogP contribution in [0.1, 0.15) is 5.56 Å². The number of rotatable bonds is 3. The highest BCUT2D eigenvalue weighted by Crippen LogP contribution is 2.26. The number of halogens is 2. The Morgan fingerprint density at radius 2 is 2.00 bits per heavy atom. The van der Waals surface area contributed by atoms with Crippen molar-refractivity contribution in [3.05, 3.63) is 35.4 Å². The Balaban J connectivity index is 3.25. The van der Waals surface area contributed by atoms with E-state index >= 15 is 0 Å². The average molecular weight is 214 g/mol. The van der Waals surface area contributed by atoms with Gasteiger partial charge >= 0.3 is 5.97 Å². The Kier molecular flexibility index (Phi) is 3.38. The zero-order chi connectivity index (χ0) is 11.4. The van der Waals surface area contributed by atoms with E-state index in [9.17, 15) is 13.6 Å². The average Bonchev–Trinajstić information content (AvgIpc) is 2.19. The lowest BCUT2D eigenvalue weighted by atomic mass is 10.1. The minimum Gasteiger partial charge on any atom is -0.493 e. The monoisotopic (exact) mass is 214 g/mol. The molecule has 0 spiro atoms. The van der Waals surface area contributed by atoms with Gasteiger partial charge in [-0.05, 0) is 18.2 Å². The van der Waals surface area contributed by atoms with Crippen molar-refractivity contribution in [3.8, 4) is 5.75 Å². The first kappa shape index (κ1) is 11.2. The Bertz CT molecular complexity index is 413. The highest BCUT2D eigenvalue weighted by Gasteiger charge is 2.11. The minimum atomic E-state index is -1.25. The van der Waals surface area contributed by atoms with E-state index in [4.69, 9.17) is 5.11 Å². The Hall–Kier alpha value is -1.91. The van der Waals surface area contributed by atoms with Crippen LogP contribution in [-0.4, -0.2) is 18.2 Å². The Morgan fingerprint density at radius 1 is 1.40 bits per heavy atom. The summed E-state index contributed by atoms with van der Waals surface area (Å²) in [7, 11) is 1.18. The smallest absolute Gasteiger partial charge is 0.328 e. The molecule has 0 saturated carbocycles. The molecule has 1 N–H and O–H groups in total. The van der Waals surface area contributed by atoms with E-state index in [1.165, 1.54) is 7.11 Å².